The van der Waals surface area contributed by atoms with E-state index in [1.807, 2.05) is 13.8 Å². The number of carbonyl (C=O) groups excluding carboxylic acids is 1. The maximum absolute atomic E-state index is 14.2. The van der Waals surface area contributed by atoms with E-state index in [0.29, 0.717) is 18.7 Å². The summed E-state index contributed by atoms with van der Waals surface area (Å²) >= 11 is 0. The number of aromatic nitrogens is 3. The Balaban J connectivity index is 1.95. The van der Waals surface area contributed by atoms with Crippen LogP contribution in [0, 0.1) is 5.82 Å². The molecule has 2 N–H and O–H groups in total. The number of nitrogens with one attached hydrogen (secondary N) is 1. The van der Waals surface area contributed by atoms with E-state index in [0.717, 1.165) is 19.3 Å². The zero-order valence-corrected chi connectivity index (χ0v) is 15.4. The topological polar surface area (TPSA) is 97.1 Å². The molecule has 0 saturated heterocycles. The highest BCUT2D eigenvalue weighted by atomic mass is 19.1. The second kappa shape index (κ2) is 7.46. The lowest BCUT2D eigenvalue weighted by molar-refractivity contribution is -0.145. The first-order valence-electron chi connectivity index (χ1n) is 9.12. The minimum absolute atomic E-state index is 0.109. The number of halogens is 1. The highest BCUT2D eigenvalue weighted by molar-refractivity contribution is 5.95. The number of amides is 1. The van der Waals surface area contributed by atoms with Gasteiger partial charge < -0.3 is 10.4 Å². The largest absolute Gasteiger partial charge is 0.480 e. The van der Waals surface area contributed by atoms with Gasteiger partial charge in [0.05, 0.1) is 0 Å². The Kier molecular flexibility index (Phi) is 5.25. The third-order valence-electron chi connectivity index (χ3n) is 4.90. The summed E-state index contributed by atoms with van der Waals surface area (Å²) in [5.41, 5.74) is -1.10. The molecule has 1 fully saturated rings. The molecule has 8 heteroatoms. The maximum atomic E-state index is 14.2. The van der Waals surface area contributed by atoms with Crippen LogP contribution in [0.15, 0.2) is 24.3 Å². The average molecular weight is 374 g/mol. The Bertz CT molecular complexity index is 856. The third kappa shape index (κ3) is 3.70. The molecule has 2 aromatic rings. The molecular formula is C19H23FN4O3. The van der Waals surface area contributed by atoms with Crippen molar-refractivity contribution in [1.29, 1.82) is 0 Å². The van der Waals surface area contributed by atoms with Gasteiger partial charge in [0.1, 0.15) is 22.9 Å². The van der Waals surface area contributed by atoms with Crippen LogP contribution in [0.25, 0.3) is 5.69 Å². The van der Waals surface area contributed by atoms with Crippen LogP contribution in [0.4, 0.5) is 4.39 Å². The SMILES string of the molecule is CC(C)c1nc(C(=O)NC2(C(=O)O)CCCCC2)nn1-c1ccccc1F. The van der Waals surface area contributed by atoms with Gasteiger partial charge in [-0.05, 0) is 25.0 Å². The number of carboxylic acids is 1. The summed E-state index contributed by atoms with van der Waals surface area (Å²) in [6.07, 6.45) is 3.17. The van der Waals surface area contributed by atoms with E-state index in [-0.39, 0.29) is 17.4 Å². The number of rotatable bonds is 5. The second-order valence-electron chi connectivity index (χ2n) is 7.21. The molecule has 0 atom stereocenters. The number of aliphatic carboxylic acids is 1. The molecule has 1 aromatic heterocycles. The molecule has 0 bridgehead atoms. The summed E-state index contributed by atoms with van der Waals surface area (Å²) < 4.78 is 15.5. The van der Waals surface area contributed by atoms with Crippen molar-refractivity contribution >= 4 is 11.9 Å². The quantitative estimate of drug-likeness (QED) is 0.838. The lowest BCUT2D eigenvalue weighted by atomic mass is 9.81. The fraction of sp³-hybridized carbons (Fsp3) is 0.474. The smallest absolute Gasteiger partial charge is 0.329 e. The van der Waals surface area contributed by atoms with Gasteiger partial charge in [0, 0.05) is 5.92 Å². The zero-order chi connectivity index (χ0) is 19.6. The number of nitrogens with zero attached hydrogens (tertiary/aromatic N) is 3. The lowest BCUT2D eigenvalue weighted by Gasteiger charge is -2.33. The summed E-state index contributed by atoms with van der Waals surface area (Å²) in [6.45, 7) is 3.73. The van der Waals surface area contributed by atoms with Crippen LogP contribution in [0.3, 0.4) is 0 Å². The van der Waals surface area contributed by atoms with Gasteiger partial charge in [-0.1, -0.05) is 45.2 Å². The van der Waals surface area contributed by atoms with Gasteiger partial charge in [0.15, 0.2) is 0 Å². The highest BCUT2D eigenvalue weighted by Crippen LogP contribution is 2.29. The molecule has 144 valence electrons. The zero-order valence-electron chi connectivity index (χ0n) is 15.4. The van der Waals surface area contributed by atoms with E-state index in [2.05, 4.69) is 15.4 Å². The molecule has 3 rings (SSSR count). The summed E-state index contributed by atoms with van der Waals surface area (Å²) in [4.78, 5) is 28.8. The van der Waals surface area contributed by atoms with Crippen LogP contribution >= 0.6 is 0 Å². The van der Waals surface area contributed by atoms with E-state index in [1.54, 1.807) is 18.2 Å². The van der Waals surface area contributed by atoms with Crippen LogP contribution in [0.1, 0.15) is 68.3 Å². The molecule has 7 nitrogen and oxygen atoms in total. The van der Waals surface area contributed by atoms with Crippen molar-refractivity contribution in [2.75, 3.05) is 0 Å². The molecule has 1 amide bonds. The van der Waals surface area contributed by atoms with Gasteiger partial charge in [-0.25, -0.2) is 18.9 Å². The van der Waals surface area contributed by atoms with Crippen LogP contribution < -0.4 is 5.32 Å². The molecule has 1 aliphatic rings. The maximum Gasteiger partial charge on any atom is 0.329 e. The summed E-state index contributed by atoms with van der Waals surface area (Å²) in [5.74, 6) is -2.02. The molecule has 1 heterocycles. The molecule has 0 unspecified atom stereocenters. The molecule has 1 aliphatic carbocycles. The monoisotopic (exact) mass is 374 g/mol. The van der Waals surface area contributed by atoms with Crippen molar-refractivity contribution < 1.29 is 19.1 Å². The molecule has 0 spiro atoms. The van der Waals surface area contributed by atoms with Gasteiger partial charge in [0.2, 0.25) is 5.82 Å². The number of carboxylic acid groups (broad SMARTS) is 1. The third-order valence-corrected chi connectivity index (χ3v) is 4.90. The summed E-state index contributed by atoms with van der Waals surface area (Å²) in [5, 5.41) is 16.4. The Morgan fingerprint density at radius 3 is 2.48 bits per heavy atom. The first-order valence-corrected chi connectivity index (χ1v) is 9.12. The van der Waals surface area contributed by atoms with E-state index >= 15 is 0 Å². The van der Waals surface area contributed by atoms with Crippen LogP contribution in [0.5, 0.6) is 0 Å². The van der Waals surface area contributed by atoms with Gasteiger partial charge in [-0.3, -0.25) is 4.79 Å². The van der Waals surface area contributed by atoms with E-state index < -0.39 is 23.2 Å². The first-order chi connectivity index (χ1) is 12.8. The number of benzene rings is 1. The fourth-order valence-electron chi connectivity index (χ4n) is 3.42. The lowest BCUT2D eigenvalue weighted by Crippen LogP contribution is -2.55. The Morgan fingerprint density at radius 2 is 1.89 bits per heavy atom. The van der Waals surface area contributed by atoms with Crippen LogP contribution in [-0.2, 0) is 4.79 Å². The van der Waals surface area contributed by atoms with E-state index in [4.69, 9.17) is 0 Å². The predicted molar refractivity (Wildman–Crippen MR) is 96.3 cm³/mol. The Hall–Kier alpha value is -2.77. The standard InChI is InChI=1S/C19H23FN4O3/c1-12(2)16-21-15(23-24(16)14-9-5-4-8-13(14)20)17(25)22-19(18(26)27)10-6-3-7-11-19/h4-5,8-9,12H,3,6-7,10-11H2,1-2H3,(H,22,25)(H,26,27). The van der Waals surface area contributed by atoms with Crippen molar-refractivity contribution in [3.8, 4) is 5.69 Å². The first kappa shape index (κ1) is 19.0. The Labute approximate surface area is 156 Å². The number of hydrogen-bond donors (Lipinski definition) is 2. The van der Waals surface area contributed by atoms with E-state index in [1.165, 1.54) is 10.7 Å². The van der Waals surface area contributed by atoms with Gasteiger partial charge in [-0.2, -0.15) is 0 Å². The van der Waals surface area contributed by atoms with Crippen molar-refractivity contribution in [1.82, 2.24) is 20.1 Å². The summed E-state index contributed by atoms with van der Waals surface area (Å²) in [6, 6.07) is 6.10. The Morgan fingerprint density at radius 1 is 1.22 bits per heavy atom. The predicted octanol–water partition coefficient (Wildman–Crippen LogP) is 3.05. The highest BCUT2D eigenvalue weighted by Gasteiger charge is 2.42. The molecule has 27 heavy (non-hydrogen) atoms. The van der Waals surface area contributed by atoms with Crippen LogP contribution in [0.2, 0.25) is 0 Å². The van der Waals surface area contributed by atoms with Gasteiger partial charge in [-0.15, -0.1) is 5.10 Å². The summed E-state index contributed by atoms with van der Waals surface area (Å²) in [7, 11) is 0. The fourth-order valence-corrected chi connectivity index (χ4v) is 3.42. The normalized spacial score (nSPS) is 16.3. The second-order valence-corrected chi connectivity index (χ2v) is 7.21. The van der Waals surface area contributed by atoms with E-state index in [9.17, 15) is 19.1 Å². The van der Waals surface area contributed by atoms with Crippen molar-refractivity contribution in [2.45, 2.75) is 57.4 Å². The number of para-hydroxylation sites is 1. The van der Waals surface area contributed by atoms with Crippen LogP contribution in [-0.4, -0.2) is 37.3 Å². The number of hydrogen-bond acceptors (Lipinski definition) is 4. The van der Waals surface area contributed by atoms with Crippen molar-refractivity contribution in [3.63, 3.8) is 0 Å². The minimum Gasteiger partial charge on any atom is -0.480 e. The molecule has 1 saturated carbocycles. The van der Waals surface area contributed by atoms with Crippen molar-refractivity contribution in [2.24, 2.45) is 0 Å². The van der Waals surface area contributed by atoms with Gasteiger partial charge >= 0.3 is 5.97 Å². The van der Waals surface area contributed by atoms with Crippen molar-refractivity contribution in [3.05, 3.63) is 41.7 Å². The number of carbonyl (C=O) groups is 2. The van der Waals surface area contributed by atoms with Gasteiger partial charge in [0.25, 0.3) is 5.91 Å². The average Bonchev–Trinajstić information content (AvgIpc) is 3.08. The molecule has 0 aliphatic heterocycles. The minimum atomic E-state index is -1.29. The molecular weight excluding hydrogens is 351 g/mol. The molecule has 1 aromatic carbocycles. The molecule has 0 radical (unpaired) electrons.